The second kappa shape index (κ2) is 10.8. The van der Waals surface area contributed by atoms with Crippen LogP contribution in [-0.2, 0) is 6.42 Å². The largest absolute Gasteiger partial charge is 0.508 e. The summed E-state index contributed by atoms with van der Waals surface area (Å²) in [6, 6.07) is 7.01. The molecule has 0 amide bonds. The highest BCUT2D eigenvalue weighted by atomic mass is 19.1. The first kappa shape index (κ1) is 20.3. The van der Waals surface area contributed by atoms with Crippen LogP contribution in [0.3, 0.4) is 0 Å². The molecule has 142 valence electrons. The standard InChI is InChI=1S/C23H37FO/c1-3-4-5-6-7-21(20-12-8-18(2)9-13-20)17-22(24)16-19-10-14-23(25)15-11-19/h10-11,14-15,18,20-22,25H,3-9,12-13,16-17H2,1-2H3. The second-order valence-corrected chi connectivity index (χ2v) is 8.33. The minimum Gasteiger partial charge on any atom is -0.508 e. The van der Waals surface area contributed by atoms with Gasteiger partial charge in [-0.25, -0.2) is 4.39 Å². The molecular weight excluding hydrogens is 311 g/mol. The quantitative estimate of drug-likeness (QED) is 0.448. The Balaban J connectivity index is 1.87. The second-order valence-electron chi connectivity index (χ2n) is 8.33. The molecule has 1 N–H and O–H groups in total. The first-order chi connectivity index (χ1) is 12.1. The normalized spacial score (nSPS) is 23.3. The zero-order valence-electron chi connectivity index (χ0n) is 16.2. The monoisotopic (exact) mass is 348 g/mol. The fraction of sp³-hybridized carbons (Fsp3) is 0.739. The van der Waals surface area contributed by atoms with Crippen LogP contribution in [0.5, 0.6) is 5.75 Å². The summed E-state index contributed by atoms with van der Waals surface area (Å²) in [5.41, 5.74) is 0.993. The molecule has 2 atom stereocenters. The van der Waals surface area contributed by atoms with Gasteiger partial charge in [0, 0.05) is 6.42 Å². The molecule has 0 bridgehead atoms. The zero-order chi connectivity index (χ0) is 18.1. The van der Waals surface area contributed by atoms with E-state index in [0.717, 1.165) is 17.4 Å². The predicted octanol–water partition coefficient (Wildman–Crippen LogP) is 7.08. The molecule has 25 heavy (non-hydrogen) atoms. The molecule has 1 aromatic carbocycles. The van der Waals surface area contributed by atoms with Gasteiger partial charge in [-0.15, -0.1) is 0 Å². The number of benzene rings is 1. The van der Waals surface area contributed by atoms with E-state index in [1.807, 2.05) is 12.1 Å². The average Bonchev–Trinajstić information content (AvgIpc) is 2.60. The third-order valence-corrected chi connectivity index (χ3v) is 6.11. The first-order valence-corrected chi connectivity index (χ1v) is 10.5. The highest BCUT2D eigenvalue weighted by Gasteiger charge is 2.28. The summed E-state index contributed by atoms with van der Waals surface area (Å²) < 4.78 is 14.8. The van der Waals surface area contributed by atoms with Gasteiger partial charge in [-0.3, -0.25) is 0 Å². The molecule has 0 aromatic heterocycles. The maximum atomic E-state index is 14.8. The van der Waals surface area contributed by atoms with Crippen LogP contribution in [-0.4, -0.2) is 11.3 Å². The van der Waals surface area contributed by atoms with Crippen LogP contribution < -0.4 is 0 Å². The van der Waals surface area contributed by atoms with E-state index in [9.17, 15) is 9.50 Å². The molecule has 0 spiro atoms. The molecule has 2 heteroatoms. The Morgan fingerprint density at radius 2 is 1.72 bits per heavy atom. The predicted molar refractivity (Wildman–Crippen MR) is 105 cm³/mol. The van der Waals surface area contributed by atoms with Gasteiger partial charge in [-0.2, -0.15) is 0 Å². The van der Waals surface area contributed by atoms with E-state index >= 15 is 0 Å². The Morgan fingerprint density at radius 1 is 1.04 bits per heavy atom. The van der Waals surface area contributed by atoms with Gasteiger partial charge in [0.2, 0.25) is 0 Å². The van der Waals surface area contributed by atoms with Crippen LogP contribution in [0.25, 0.3) is 0 Å². The Hall–Kier alpha value is -1.05. The molecule has 0 aliphatic heterocycles. The first-order valence-electron chi connectivity index (χ1n) is 10.5. The van der Waals surface area contributed by atoms with Gasteiger partial charge in [0.05, 0.1) is 0 Å². The van der Waals surface area contributed by atoms with Crippen molar-refractivity contribution < 1.29 is 9.50 Å². The van der Waals surface area contributed by atoms with E-state index in [1.54, 1.807) is 12.1 Å². The number of phenols is 1. The number of halogens is 1. The van der Waals surface area contributed by atoms with Crippen molar-refractivity contribution in [2.75, 3.05) is 0 Å². The minimum atomic E-state index is -0.764. The molecule has 2 rings (SSSR count). The highest BCUT2D eigenvalue weighted by molar-refractivity contribution is 5.26. The molecule has 0 radical (unpaired) electrons. The lowest BCUT2D eigenvalue weighted by molar-refractivity contribution is 0.154. The number of alkyl halides is 1. The maximum absolute atomic E-state index is 14.8. The highest BCUT2D eigenvalue weighted by Crippen LogP contribution is 2.38. The minimum absolute atomic E-state index is 0.254. The van der Waals surface area contributed by atoms with Crippen molar-refractivity contribution in [1.82, 2.24) is 0 Å². The van der Waals surface area contributed by atoms with Crippen molar-refractivity contribution in [1.29, 1.82) is 0 Å². The van der Waals surface area contributed by atoms with Crippen LogP contribution in [0, 0.1) is 17.8 Å². The van der Waals surface area contributed by atoms with Gasteiger partial charge >= 0.3 is 0 Å². The molecule has 1 fully saturated rings. The Bertz CT molecular complexity index is 461. The van der Waals surface area contributed by atoms with Crippen LogP contribution >= 0.6 is 0 Å². The van der Waals surface area contributed by atoms with E-state index < -0.39 is 6.17 Å². The van der Waals surface area contributed by atoms with Crippen molar-refractivity contribution in [3.8, 4) is 5.75 Å². The molecule has 1 aliphatic carbocycles. The van der Waals surface area contributed by atoms with Crippen molar-refractivity contribution in [2.24, 2.45) is 17.8 Å². The van der Waals surface area contributed by atoms with Crippen molar-refractivity contribution in [2.45, 2.75) is 90.6 Å². The van der Waals surface area contributed by atoms with Crippen LogP contribution in [0.2, 0.25) is 0 Å². The van der Waals surface area contributed by atoms with Crippen LogP contribution in [0.4, 0.5) is 4.39 Å². The van der Waals surface area contributed by atoms with Crippen LogP contribution in [0.1, 0.15) is 83.6 Å². The molecule has 1 saturated carbocycles. The van der Waals surface area contributed by atoms with E-state index in [2.05, 4.69) is 13.8 Å². The van der Waals surface area contributed by atoms with Crippen molar-refractivity contribution in [3.05, 3.63) is 29.8 Å². The summed E-state index contributed by atoms with van der Waals surface area (Å²) in [6.45, 7) is 4.60. The number of rotatable bonds is 10. The third-order valence-electron chi connectivity index (χ3n) is 6.11. The number of unbranched alkanes of at least 4 members (excludes halogenated alkanes) is 3. The maximum Gasteiger partial charge on any atom is 0.115 e. The summed E-state index contributed by atoms with van der Waals surface area (Å²) in [5.74, 6) is 2.40. The SMILES string of the molecule is CCCCCCC(CC(F)Cc1ccc(O)cc1)C1CCC(C)CC1. The lowest BCUT2D eigenvalue weighted by atomic mass is 9.73. The van der Waals surface area contributed by atoms with Gasteiger partial charge in [0.25, 0.3) is 0 Å². The Morgan fingerprint density at radius 3 is 2.36 bits per heavy atom. The van der Waals surface area contributed by atoms with E-state index in [1.165, 1.54) is 57.8 Å². The molecule has 0 heterocycles. The number of hydrogen-bond donors (Lipinski definition) is 1. The summed E-state index contributed by atoms with van der Waals surface area (Å²) in [4.78, 5) is 0. The van der Waals surface area contributed by atoms with Gasteiger partial charge in [-0.1, -0.05) is 70.9 Å². The summed E-state index contributed by atoms with van der Waals surface area (Å²) in [6.07, 6.45) is 12.0. The van der Waals surface area contributed by atoms with Gasteiger partial charge < -0.3 is 5.11 Å². The fourth-order valence-electron chi connectivity index (χ4n) is 4.44. The van der Waals surface area contributed by atoms with Gasteiger partial charge in [0.15, 0.2) is 0 Å². The molecule has 1 aliphatic rings. The lowest BCUT2D eigenvalue weighted by Gasteiger charge is -2.33. The molecule has 0 saturated heterocycles. The van der Waals surface area contributed by atoms with Gasteiger partial charge in [0.1, 0.15) is 11.9 Å². The average molecular weight is 349 g/mol. The number of hydrogen-bond acceptors (Lipinski definition) is 1. The van der Waals surface area contributed by atoms with E-state index in [-0.39, 0.29) is 5.75 Å². The summed E-state index contributed by atoms with van der Waals surface area (Å²) in [7, 11) is 0. The molecule has 1 aromatic rings. The Kier molecular flexibility index (Phi) is 8.78. The fourth-order valence-corrected chi connectivity index (χ4v) is 4.44. The third kappa shape index (κ3) is 7.38. The van der Waals surface area contributed by atoms with Crippen molar-refractivity contribution in [3.63, 3.8) is 0 Å². The van der Waals surface area contributed by atoms with E-state index in [4.69, 9.17) is 0 Å². The summed E-state index contributed by atoms with van der Waals surface area (Å²) in [5, 5.41) is 9.37. The lowest BCUT2D eigenvalue weighted by Crippen LogP contribution is -2.24. The zero-order valence-corrected chi connectivity index (χ0v) is 16.2. The topological polar surface area (TPSA) is 20.2 Å². The molecular formula is C23H37FO. The van der Waals surface area contributed by atoms with Crippen molar-refractivity contribution >= 4 is 0 Å². The molecule has 2 unspecified atom stereocenters. The summed E-state index contributed by atoms with van der Waals surface area (Å²) >= 11 is 0. The Labute approximate surface area is 154 Å². The van der Waals surface area contributed by atoms with Gasteiger partial charge in [-0.05, 0) is 54.7 Å². The van der Waals surface area contributed by atoms with Crippen LogP contribution in [0.15, 0.2) is 24.3 Å². The van der Waals surface area contributed by atoms with E-state index in [0.29, 0.717) is 18.8 Å². The number of phenolic OH excluding ortho intramolecular Hbond substituents is 1. The molecule has 1 nitrogen and oxygen atoms in total. The number of aromatic hydroxyl groups is 1. The smallest absolute Gasteiger partial charge is 0.115 e.